The first-order valence-corrected chi connectivity index (χ1v) is 13.7. The number of carbonyl (C=O) groups is 4. The molecule has 1 aromatic carbocycles. The van der Waals surface area contributed by atoms with Crippen LogP contribution in [-0.4, -0.2) is 45.8 Å². The number of carbonyl (C=O) groups excluding carboxylic acids is 3. The highest BCUT2D eigenvalue weighted by Crippen LogP contribution is 2.38. The molecule has 4 rings (SSSR count). The van der Waals surface area contributed by atoms with E-state index in [1.807, 2.05) is 31.2 Å². The number of hydrogen-bond donors (Lipinski definition) is 3. The van der Waals surface area contributed by atoms with Gasteiger partial charge in [-0.05, 0) is 51.0 Å². The zero-order valence-electron chi connectivity index (χ0n) is 21.4. The number of thiazole rings is 2. The minimum Gasteiger partial charge on any atom is -0.497 e. The van der Waals surface area contributed by atoms with Gasteiger partial charge >= 0.3 is 5.97 Å². The molecule has 3 atom stereocenters. The molecule has 1 fully saturated rings. The summed E-state index contributed by atoms with van der Waals surface area (Å²) >= 11 is 2.35. The van der Waals surface area contributed by atoms with Crippen LogP contribution < -0.4 is 15.4 Å². The minimum absolute atomic E-state index is 0.161. The fourth-order valence-corrected chi connectivity index (χ4v) is 6.47. The summed E-state index contributed by atoms with van der Waals surface area (Å²) in [6.45, 7) is 4.98. The van der Waals surface area contributed by atoms with Gasteiger partial charge in [0.2, 0.25) is 11.8 Å². The topological polar surface area (TPSA) is 148 Å². The van der Waals surface area contributed by atoms with Gasteiger partial charge in [-0.1, -0.05) is 17.8 Å². The van der Waals surface area contributed by atoms with Crippen LogP contribution in [0.25, 0.3) is 11.3 Å². The average molecular weight is 557 g/mol. The number of hydrogen-bond acceptors (Lipinski definition) is 9. The van der Waals surface area contributed by atoms with E-state index in [2.05, 4.69) is 20.6 Å². The van der Waals surface area contributed by atoms with Gasteiger partial charge in [-0.3, -0.25) is 19.2 Å². The van der Waals surface area contributed by atoms with Crippen LogP contribution in [0.2, 0.25) is 0 Å². The molecule has 0 radical (unpaired) electrons. The van der Waals surface area contributed by atoms with Gasteiger partial charge in [-0.15, -0.1) is 11.3 Å². The third-order valence-electron chi connectivity index (χ3n) is 6.59. The molecule has 0 saturated heterocycles. The molecule has 3 unspecified atom stereocenters. The molecule has 3 N–H and O–H groups in total. The summed E-state index contributed by atoms with van der Waals surface area (Å²) in [6, 6.07) is 7.40. The van der Waals surface area contributed by atoms with Crippen LogP contribution in [0.4, 0.5) is 10.3 Å². The van der Waals surface area contributed by atoms with Gasteiger partial charge in [0.1, 0.15) is 5.75 Å². The number of methoxy groups -OCH3 is 1. The van der Waals surface area contributed by atoms with E-state index in [1.54, 1.807) is 14.0 Å². The number of ketones is 1. The number of aliphatic carboxylic acids is 1. The normalized spacial score (nSPS) is 19.0. The lowest BCUT2D eigenvalue weighted by atomic mass is 9.71. The Bertz CT molecular complexity index is 1380. The molecule has 200 valence electrons. The first-order valence-electron chi connectivity index (χ1n) is 12.0. The maximum absolute atomic E-state index is 13.3. The zero-order valence-corrected chi connectivity index (χ0v) is 23.0. The van der Waals surface area contributed by atoms with Crippen molar-refractivity contribution in [1.82, 2.24) is 9.97 Å². The second-order valence-electron chi connectivity index (χ2n) is 9.13. The van der Waals surface area contributed by atoms with Crippen LogP contribution in [0.1, 0.15) is 46.4 Å². The molecule has 3 aromatic rings. The zero-order chi connectivity index (χ0) is 27.6. The molecule has 1 aliphatic carbocycles. The molecule has 0 aliphatic heterocycles. The number of benzene rings is 1. The van der Waals surface area contributed by atoms with E-state index in [0.717, 1.165) is 27.5 Å². The largest absolute Gasteiger partial charge is 0.497 e. The smallest absolute Gasteiger partial charge is 0.308 e. The molecular weight excluding hydrogens is 528 g/mol. The van der Waals surface area contributed by atoms with E-state index in [-0.39, 0.29) is 10.9 Å². The van der Waals surface area contributed by atoms with Crippen molar-refractivity contribution in [2.24, 2.45) is 17.8 Å². The Hall–Kier alpha value is -3.64. The van der Waals surface area contributed by atoms with Crippen LogP contribution in [0.3, 0.4) is 0 Å². The van der Waals surface area contributed by atoms with Gasteiger partial charge < -0.3 is 20.5 Å². The number of Topliss-reactive ketones (excluding diaryl/α,β-unsaturated/α-hetero) is 1. The number of aromatic nitrogens is 2. The lowest BCUT2D eigenvalue weighted by molar-refractivity contribution is -0.153. The number of nitrogens with zero attached hydrogens (tertiary/aromatic N) is 2. The molecule has 1 saturated carbocycles. The molecular formula is C26H28N4O6S2. The molecule has 2 amide bonds. The maximum Gasteiger partial charge on any atom is 0.308 e. The number of nitrogens with one attached hydrogen (secondary N) is 2. The quantitative estimate of drug-likeness (QED) is 0.336. The number of amides is 2. The Kier molecular flexibility index (Phi) is 8.22. The van der Waals surface area contributed by atoms with Crippen molar-refractivity contribution in [2.45, 2.75) is 40.0 Å². The summed E-state index contributed by atoms with van der Waals surface area (Å²) in [5, 5.41) is 16.1. The van der Waals surface area contributed by atoms with Crippen molar-refractivity contribution < 1.29 is 29.0 Å². The van der Waals surface area contributed by atoms with Crippen molar-refractivity contribution >= 4 is 56.5 Å². The highest BCUT2D eigenvalue weighted by atomic mass is 32.1. The molecule has 1 aliphatic rings. The molecule has 12 heteroatoms. The minimum atomic E-state index is -1.21. The van der Waals surface area contributed by atoms with Gasteiger partial charge in [0, 0.05) is 17.4 Å². The predicted octanol–water partition coefficient (Wildman–Crippen LogP) is 4.79. The first kappa shape index (κ1) is 27.4. The van der Waals surface area contributed by atoms with Crippen LogP contribution in [0.15, 0.2) is 24.3 Å². The van der Waals surface area contributed by atoms with Crippen LogP contribution in [0.5, 0.6) is 5.75 Å². The Morgan fingerprint density at radius 2 is 1.53 bits per heavy atom. The first-order chi connectivity index (χ1) is 18.1. The predicted molar refractivity (Wildman–Crippen MR) is 145 cm³/mol. The molecule has 2 heterocycles. The van der Waals surface area contributed by atoms with Crippen molar-refractivity contribution in [2.75, 3.05) is 17.7 Å². The van der Waals surface area contributed by atoms with Crippen LogP contribution in [0, 0.1) is 31.6 Å². The molecule has 38 heavy (non-hydrogen) atoms. The van der Waals surface area contributed by atoms with E-state index in [9.17, 15) is 24.3 Å². The lowest BCUT2D eigenvalue weighted by Gasteiger charge is -2.33. The highest BCUT2D eigenvalue weighted by molar-refractivity contribution is 7.17. The highest BCUT2D eigenvalue weighted by Gasteiger charge is 2.45. The summed E-state index contributed by atoms with van der Waals surface area (Å²) in [4.78, 5) is 60.5. The van der Waals surface area contributed by atoms with Crippen LogP contribution >= 0.6 is 22.7 Å². The van der Waals surface area contributed by atoms with Crippen molar-refractivity contribution in [3.05, 3.63) is 39.7 Å². The van der Waals surface area contributed by atoms with E-state index in [0.29, 0.717) is 40.7 Å². The van der Waals surface area contributed by atoms with Gasteiger partial charge in [0.25, 0.3) is 0 Å². The van der Waals surface area contributed by atoms with Gasteiger partial charge in [0.15, 0.2) is 16.0 Å². The fraction of sp³-hybridized carbons (Fsp3) is 0.385. The molecule has 2 aromatic heterocycles. The maximum atomic E-state index is 13.3. The van der Waals surface area contributed by atoms with Crippen molar-refractivity contribution in [3.8, 4) is 17.0 Å². The number of aryl methyl sites for hydroxylation is 2. The third-order valence-corrected chi connectivity index (χ3v) is 8.65. The van der Waals surface area contributed by atoms with Crippen molar-refractivity contribution in [3.63, 3.8) is 0 Å². The summed E-state index contributed by atoms with van der Waals surface area (Å²) in [6.07, 6.45) is 1.19. The van der Waals surface area contributed by atoms with Gasteiger partial charge in [-0.25, -0.2) is 9.97 Å². The Morgan fingerprint density at radius 3 is 2.03 bits per heavy atom. The SMILES string of the molecule is COc1ccc(-c2nc(NC(=O)C3CCCC(C(=O)Nc4nc(C)c(C(C)=O)s4)C3C(=O)O)sc2C)cc1. The summed E-state index contributed by atoms with van der Waals surface area (Å²) in [5.74, 6) is -4.69. The van der Waals surface area contributed by atoms with E-state index >= 15 is 0 Å². The van der Waals surface area contributed by atoms with E-state index in [1.165, 1.54) is 18.3 Å². The Labute approximate surface area is 227 Å². The second-order valence-corrected chi connectivity index (χ2v) is 11.3. The number of rotatable bonds is 8. The van der Waals surface area contributed by atoms with Crippen LogP contribution in [-0.2, 0) is 14.4 Å². The van der Waals surface area contributed by atoms with E-state index < -0.39 is 35.5 Å². The molecule has 0 bridgehead atoms. The molecule has 0 spiro atoms. The number of anilines is 2. The number of ether oxygens (including phenoxy) is 1. The van der Waals surface area contributed by atoms with Crippen molar-refractivity contribution in [1.29, 1.82) is 0 Å². The Balaban J connectivity index is 1.50. The summed E-state index contributed by atoms with van der Waals surface area (Å²) < 4.78 is 5.20. The van der Waals surface area contributed by atoms with Gasteiger partial charge in [-0.2, -0.15) is 0 Å². The fourth-order valence-electron chi connectivity index (χ4n) is 4.77. The lowest BCUT2D eigenvalue weighted by Crippen LogP contribution is -2.45. The second kappa shape index (κ2) is 11.4. The average Bonchev–Trinajstić information content (AvgIpc) is 3.44. The standard InChI is InChI=1S/C26H28N4O6S2/c1-12-21(13(2)31)38-25(27-12)29-22(32)17-6-5-7-18(19(17)24(34)35)23(33)30-26-28-20(14(3)37-26)15-8-10-16(36-4)11-9-15/h8-11,17-19H,5-7H2,1-4H3,(H,34,35)(H,27,29,32)(H,28,30,33). The number of carboxylic acid groups (broad SMARTS) is 1. The summed E-state index contributed by atoms with van der Waals surface area (Å²) in [7, 11) is 1.59. The van der Waals surface area contributed by atoms with Gasteiger partial charge in [0.05, 0.1) is 41.1 Å². The molecule has 10 nitrogen and oxygen atoms in total. The monoisotopic (exact) mass is 556 g/mol. The summed E-state index contributed by atoms with van der Waals surface area (Å²) in [5.41, 5.74) is 2.08. The number of carboxylic acids is 1. The third kappa shape index (κ3) is 5.76. The Morgan fingerprint density at radius 1 is 0.947 bits per heavy atom. The van der Waals surface area contributed by atoms with E-state index in [4.69, 9.17) is 4.74 Å².